The number of hydroxylamine groups is 4. The van der Waals surface area contributed by atoms with Crippen LogP contribution in [0.1, 0.15) is 234 Å². The van der Waals surface area contributed by atoms with E-state index in [1.54, 1.807) is 26.0 Å². The zero-order valence-electron chi connectivity index (χ0n) is 42.6. The van der Waals surface area contributed by atoms with E-state index in [1.165, 1.54) is 64.2 Å². The van der Waals surface area contributed by atoms with Crippen molar-refractivity contribution in [1.29, 1.82) is 0 Å². The Hall–Kier alpha value is -2.40. The van der Waals surface area contributed by atoms with Crippen LogP contribution in [0.3, 0.4) is 0 Å². The predicted molar refractivity (Wildman–Crippen MR) is 258 cm³/mol. The molecule has 366 valence electrons. The van der Waals surface area contributed by atoms with Gasteiger partial charge in [-0.3, -0.25) is 19.3 Å². The number of hydrogen-bond acceptors (Lipinski definition) is 10. The van der Waals surface area contributed by atoms with E-state index in [9.17, 15) is 9.59 Å². The van der Waals surface area contributed by atoms with Crippen LogP contribution in [-0.4, -0.2) is 80.4 Å². The number of ether oxygens (including phenoxy) is 2. The fourth-order valence-corrected chi connectivity index (χ4v) is 10.0. The molecule has 10 nitrogen and oxygen atoms in total. The number of aryl methyl sites for hydroxylation is 2. The van der Waals surface area contributed by atoms with E-state index in [4.69, 9.17) is 29.4 Å². The summed E-state index contributed by atoms with van der Waals surface area (Å²) in [5, 5.41) is 22.6. The Kier molecular flexibility index (Phi) is 25.7. The number of piperidine rings is 2. The van der Waals surface area contributed by atoms with Crippen LogP contribution >= 0.6 is 0 Å². The minimum Gasteiger partial charge on any atom is -0.508 e. The van der Waals surface area contributed by atoms with E-state index in [1.807, 2.05) is 0 Å². The summed E-state index contributed by atoms with van der Waals surface area (Å²) >= 11 is 0. The van der Waals surface area contributed by atoms with Gasteiger partial charge in [-0.25, -0.2) is 0 Å². The molecule has 2 aliphatic rings. The van der Waals surface area contributed by atoms with Crippen LogP contribution in [0.4, 0.5) is 0 Å². The summed E-state index contributed by atoms with van der Waals surface area (Å²) in [5.41, 5.74) is 0.559. The Morgan fingerprint density at radius 3 is 1.30 bits per heavy atom. The lowest BCUT2D eigenvalue weighted by Gasteiger charge is -2.53. The largest absolute Gasteiger partial charge is 0.508 e. The van der Waals surface area contributed by atoms with E-state index in [0.29, 0.717) is 24.2 Å². The van der Waals surface area contributed by atoms with Crippen molar-refractivity contribution in [2.24, 2.45) is 5.92 Å². The monoisotopic (exact) mass is 889 g/mol. The number of benzene rings is 1. The van der Waals surface area contributed by atoms with Crippen LogP contribution in [0.5, 0.6) is 11.5 Å². The van der Waals surface area contributed by atoms with E-state index >= 15 is 0 Å². The number of phenolic OH excluding ortho intramolecular Hbond substituents is 2. The first kappa shape index (κ1) is 56.7. The molecule has 0 radical (unpaired) electrons. The summed E-state index contributed by atoms with van der Waals surface area (Å²) in [6, 6.07) is 3.09. The molecule has 0 amide bonds. The number of carbonyl (C=O) groups is 2. The predicted octanol–water partition coefficient (Wildman–Crippen LogP) is 13.8. The molecule has 2 aliphatic heterocycles. The molecule has 0 aromatic heterocycles. The number of nitrogens with zero attached hydrogens (tertiary/aromatic N) is 2. The van der Waals surface area contributed by atoms with Crippen LogP contribution in [0.15, 0.2) is 12.1 Å². The van der Waals surface area contributed by atoms with Gasteiger partial charge in [0.2, 0.25) is 0 Å². The molecule has 1 aromatic rings. The van der Waals surface area contributed by atoms with E-state index < -0.39 is 0 Å². The van der Waals surface area contributed by atoms with Crippen molar-refractivity contribution in [1.82, 2.24) is 10.1 Å². The number of carbonyl (C=O) groups excluding carboxylic acids is 2. The summed E-state index contributed by atoms with van der Waals surface area (Å²) in [7, 11) is 0. The molecule has 2 N–H and O–H groups in total. The Balaban J connectivity index is 0.00000119. The average molecular weight is 889 g/mol. The number of aromatic hydroxyl groups is 2. The SMILES string of the molecule is CCCCCCCCON1C(C)(C)CC(OC(=O)CCCCCCCCCOC(=O)C2CC(C)(C)N(OCCCCCCCC)C(C)(C)C2)CC1(C)C.Cc1cc(O)c(C)cc1O. The number of unbranched alkanes of at least 4 members (excludes halogenated alkanes) is 16. The molecule has 0 atom stereocenters. The van der Waals surface area contributed by atoms with Crippen LogP contribution in [0, 0.1) is 19.8 Å². The highest BCUT2D eigenvalue weighted by atomic mass is 16.7. The van der Waals surface area contributed by atoms with Crippen LogP contribution < -0.4 is 0 Å². The van der Waals surface area contributed by atoms with Gasteiger partial charge in [0.25, 0.3) is 0 Å². The molecule has 2 heterocycles. The zero-order chi connectivity index (χ0) is 47.1. The van der Waals surface area contributed by atoms with Gasteiger partial charge in [0.05, 0.1) is 25.7 Å². The molecule has 2 fully saturated rings. The molecule has 3 rings (SSSR count). The Morgan fingerprint density at radius 1 is 0.540 bits per heavy atom. The van der Waals surface area contributed by atoms with Gasteiger partial charge in [0, 0.05) is 41.4 Å². The van der Waals surface area contributed by atoms with E-state index in [0.717, 1.165) is 96.7 Å². The number of esters is 2. The molecule has 0 saturated carbocycles. The third-order valence-corrected chi connectivity index (χ3v) is 13.0. The van der Waals surface area contributed by atoms with E-state index in [2.05, 4.69) is 79.4 Å². The van der Waals surface area contributed by atoms with Crippen molar-refractivity contribution in [2.75, 3.05) is 19.8 Å². The maximum atomic E-state index is 13.1. The van der Waals surface area contributed by atoms with Gasteiger partial charge in [-0.1, -0.05) is 110 Å². The normalized spacial score (nSPS) is 18.7. The van der Waals surface area contributed by atoms with Gasteiger partial charge in [-0.05, 0) is 131 Å². The maximum Gasteiger partial charge on any atom is 0.309 e. The minimum absolute atomic E-state index is 0.0527. The Morgan fingerprint density at radius 2 is 0.889 bits per heavy atom. The topological polar surface area (TPSA) is 118 Å². The van der Waals surface area contributed by atoms with Gasteiger partial charge in [0.1, 0.15) is 17.6 Å². The highest BCUT2D eigenvalue weighted by Crippen LogP contribution is 2.43. The number of phenols is 2. The smallest absolute Gasteiger partial charge is 0.309 e. The molecule has 10 heteroatoms. The van der Waals surface area contributed by atoms with Crippen molar-refractivity contribution in [3.05, 3.63) is 23.3 Å². The summed E-state index contributed by atoms with van der Waals surface area (Å²) in [5.74, 6) is 0.247. The number of rotatable bonds is 28. The molecule has 63 heavy (non-hydrogen) atoms. The van der Waals surface area contributed by atoms with E-state index in [-0.39, 0.29) is 57.6 Å². The summed E-state index contributed by atoms with van der Waals surface area (Å²) in [4.78, 5) is 38.5. The molecule has 0 spiro atoms. The first-order chi connectivity index (χ1) is 29.7. The molecule has 2 saturated heterocycles. The maximum absolute atomic E-state index is 13.1. The van der Waals surface area contributed by atoms with Crippen molar-refractivity contribution < 1.29 is 39.0 Å². The quantitative estimate of drug-likeness (QED) is 0.0478. The van der Waals surface area contributed by atoms with Gasteiger partial charge < -0.3 is 19.7 Å². The van der Waals surface area contributed by atoms with Gasteiger partial charge in [-0.15, -0.1) is 0 Å². The molecule has 1 aromatic carbocycles. The van der Waals surface area contributed by atoms with Crippen molar-refractivity contribution in [3.63, 3.8) is 0 Å². The summed E-state index contributed by atoms with van der Waals surface area (Å²) in [6.07, 6.45) is 25.8. The van der Waals surface area contributed by atoms with Gasteiger partial charge in [-0.2, -0.15) is 10.1 Å². The third-order valence-electron chi connectivity index (χ3n) is 13.0. The Bertz CT molecular complexity index is 1360. The molecular formula is C53H96N2O8. The fraction of sp³-hybridized carbons (Fsp3) is 0.849. The van der Waals surface area contributed by atoms with Crippen molar-refractivity contribution in [3.8, 4) is 11.5 Å². The lowest BCUT2D eigenvalue weighted by atomic mass is 9.75. The van der Waals surface area contributed by atoms with Gasteiger partial charge in [0.15, 0.2) is 0 Å². The van der Waals surface area contributed by atoms with Crippen molar-refractivity contribution >= 4 is 11.9 Å². The van der Waals surface area contributed by atoms with Gasteiger partial charge >= 0.3 is 11.9 Å². The first-order valence-corrected chi connectivity index (χ1v) is 25.4. The lowest BCUT2D eigenvalue weighted by Crippen LogP contribution is -2.62. The second-order valence-corrected chi connectivity index (χ2v) is 21.5. The van der Waals surface area contributed by atoms with Crippen LogP contribution in [0.25, 0.3) is 0 Å². The summed E-state index contributed by atoms with van der Waals surface area (Å²) < 4.78 is 11.8. The number of hydrogen-bond donors (Lipinski definition) is 2. The average Bonchev–Trinajstić information content (AvgIpc) is 3.18. The zero-order valence-corrected chi connectivity index (χ0v) is 42.6. The van der Waals surface area contributed by atoms with Crippen molar-refractivity contribution in [2.45, 2.75) is 265 Å². The lowest BCUT2D eigenvalue weighted by molar-refractivity contribution is -0.293. The molecular weight excluding hydrogens is 793 g/mol. The Labute approximate surface area is 385 Å². The summed E-state index contributed by atoms with van der Waals surface area (Å²) in [6.45, 7) is 27.6. The highest BCUT2D eigenvalue weighted by molar-refractivity contribution is 5.73. The molecule has 0 aliphatic carbocycles. The molecule has 0 unspecified atom stereocenters. The minimum atomic E-state index is -0.224. The molecule has 0 bridgehead atoms. The highest BCUT2D eigenvalue weighted by Gasteiger charge is 2.49. The van der Waals surface area contributed by atoms with Crippen LogP contribution in [-0.2, 0) is 28.7 Å². The first-order valence-electron chi connectivity index (χ1n) is 25.4. The second kappa shape index (κ2) is 28.6. The fourth-order valence-electron chi connectivity index (χ4n) is 10.0. The third kappa shape index (κ3) is 21.2. The second-order valence-electron chi connectivity index (χ2n) is 21.5. The van der Waals surface area contributed by atoms with Crippen LogP contribution in [0.2, 0.25) is 0 Å². The standard InChI is InChI=1S/C45H86N2O6.C8H10O2/c1-11-13-15-17-24-28-32-51-46-42(3,4)34-38(35-43(46,5)6)41(49)50-31-27-23-21-19-20-22-26-30-40(48)53-39-36-44(7,8)47(45(9,10)37-39)52-33-29-25-18-16-14-12-2;1-5-3-8(10)6(2)4-7(5)9/h38-39H,11-37H2,1-10H3;3-4,9-10H,1-2H3.